The molecule has 2 aromatic rings. The SMILES string of the molecule is c1ccc2nc(OC3CCCNC3)ncc2c1. The Morgan fingerprint density at radius 2 is 2.24 bits per heavy atom. The van der Waals surface area contributed by atoms with Gasteiger partial charge in [0.05, 0.1) is 5.52 Å². The molecule has 1 saturated heterocycles. The number of nitrogens with one attached hydrogen (secondary N) is 1. The van der Waals surface area contributed by atoms with Crippen LogP contribution in [0.1, 0.15) is 12.8 Å². The van der Waals surface area contributed by atoms with Gasteiger partial charge in [-0.2, -0.15) is 4.98 Å². The highest BCUT2D eigenvalue weighted by molar-refractivity contribution is 5.77. The van der Waals surface area contributed by atoms with Crippen LogP contribution < -0.4 is 10.1 Å². The number of hydrogen-bond acceptors (Lipinski definition) is 4. The van der Waals surface area contributed by atoms with Crippen molar-refractivity contribution in [3.63, 3.8) is 0 Å². The highest BCUT2D eigenvalue weighted by Gasteiger charge is 2.15. The van der Waals surface area contributed by atoms with Gasteiger partial charge in [-0.25, -0.2) is 4.98 Å². The Kier molecular flexibility index (Phi) is 2.88. The molecule has 4 heteroatoms. The number of hydrogen-bond donors (Lipinski definition) is 1. The lowest BCUT2D eigenvalue weighted by molar-refractivity contribution is 0.154. The first-order chi connectivity index (χ1) is 8.42. The summed E-state index contributed by atoms with van der Waals surface area (Å²) in [7, 11) is 0. The zero-order valence-electron chi connectivity index (χ0n) is 9.60. The molecule has 1 aliphatic heterocycles. The highest BCUT2D eigenvalue weighted by Crippen LogP contribution is 2.15. The van der Waals surface area contributed by atoms with Gasteiger partial charge in [0.1, 0.15) is 6.10 Å². The first-order valence-electron chi connectivity index (χ1n) is 6.01. The van der Waals surface area contributed by atoms with Gasteiger partial charge in [-0.05, 0) is 25.5 Å². The molecule has 0 amide bonds. The van der Waals surface area contributed by atoms with Gasteiger partial charge in [0.25, 0.3) is 0 Å². The lowest BCUT2D eigenvalue weighted by Gasteiger charge is -2.22. The van der Waals surface area contributed by atoms with E-state index in [1.807, 2.05) is 30.5 Å². The molecule has 3 rings (SSSR count). The van der Waals surface area contributed by atoms with Crippen LogP contribution in [0.15, 0.2) is 30.5 Å². The quantitative estimate of drug-likeness (QED) is 0.852. The van der Waals surface area contributed by atoms with Crippen molar-refractivity contribution in [3.05, 3.63) is 30.5 Å². The van der Waals surface area contributed by atoms with E-state index in [1.165, 1.54) is 0 Å². The molecule has 4 nitrogen and oxygen atoms in total. The Bertz CT molecular complexity index is 509. The molecule has 1 aliphatic rings. The first kappa shape index (κ1) is 10.5. The first-order valence-corrected chi connectivity index (χ1v) is 6.01. The van der Waals surface area contributed by atoms with Crippen LogP contribution >= 0.6 is 0 Å². The van der Waals surface area contributed by atoms with Crippen LogP contribution in [0.5, 0.6) is 6.01 Å². The average molecular weight is 229 g/mol. The fourth-order valence-corrected chi connectivity index (χ4v) is 2.08. The number of fused-ring (bicyclic) bond motifs is 1. The van der Waals surface area contributed by atoms with Crippen LogP contribution in [0.25, 0.3) is 10.9 Å². The smallest absolute Gasteiger partial charge is 0.317 e. The van der Waals surface area contributed by atoms with Crippen LogP contribution in [-0.4, -0.2) is 29.2 Å². The predicted octanol–water partition coefficient (Wildman–Crippen LogP) is 1.76. The molecule has 88 valence electrons. The van der Waals surface area contributed by atoms with Gasteiger partial charge in [-0.3, -0.25) is 0 Å². The van der Waals surface area contributed by atoms with E-state index in [0.29, 0.717) is 6.01 Å². The molecule has 17 heavy (non-hydrogen) atoms. The average Bonchev–Trinajstić information content (AvgIpc) is 2.40. The summed E-state index contributed by atoms with van der Waals surface area (Å²) in [4.78, 5) is 8.65. The third-order valence-electron chi connectivity index (χ3n) is 2.99. The lowest BCUT2D eigenvalue weighted by atomic mass is 10.1. The van der Waals surface area contributed by atoms with E-state index < -0.39 is 0 Å². The van der Waals surface area contributed by atoms with E-state index in [-0.39, 0.29) is 6.10 Å². The summed E-state index contributed by atoms with van der Waals surface area (Å²) in [5.41, 5.74) is 0.932. The molecule has 0 radical (unpaired) electrons. The van der Waals surface area contributed by atoms with E-state index >= 15 is 0 Å². The van der Waals surface area contributed by atoms with E-state index in [4.69, 9.17) is 4.74 Å². The second kappa shape index (κ2) is 4.67. The van der Waals surface area contributed by atoms with Crippen molar-refractivity contribution in [2.75, 3.05) is 13.1 Å². The normalized spacial score (nSPS) is 20.4. The zero-order chi connectivity index (χ0) is 11.5. The van der Waals surface area contributed by atoms with Crippen molar-refractivity contribution in [1.82, 2.24) is 15.3 Å². The lowest BCUT2D eigenvalue weighted by Crippen LogP contribution is -2.37. The van der Waals surface area contributed by atoms with Crippen LogP contribution in [-0.2, 0) is 0 Å². The highest BCUT2D eigenvalue weighted by atomic mass is 16.5. The number of aromatic nitrogens is 2. The van der Waals surface area contributed by atoms with Crippen LogP contribution in [0, 0.1) is 0 Å². The molecule has 0 aliphatic carbocycles. The Morgan fingerprint density at radius 1 is 1.29 bits per heavy atom. The summed E-state index contributed by atoms with van der Waals surface area (Å²) >= 11 is 0. The number of piperidine rings is 1. The Morgan fingerprint density at radius 3 is 3.12 bits per heavy atom. The summed E-state index contributed by atoms with van der Waals surface area (Å²) < 4.78 is 5.78. The molecule has 0 bridgehead atoms. The van der Waals surface area contributed by atoms with E-state index in [9.17, 15) is 0 Å². The van der Waals surface area contributed by atoms with Gasteiger partial charge >= 0.3 is 6.01 Å². The Labute approximate surface area is 100 Å². The summed E-state index contributed by atoms with van der Waals surface area (Å²) in [6.07, 6.45) is 4.24. The molecule has 1 unspecified atom stereocenters. The van der Waals surface area contributed by atoms with Crippen LogP contribution in [0.4, 0.5) is 0 Å². The maximum absolute atomic E-state index is 5.78. The minimum Gasteiger partial charge on any atom is -0.459 e. The number of nitrogens with zero attached hydrogens (tertiary/aromatic N) is 2. The molecular weight excluding hydrogens is 214 g/mol. The maximum atomic E-state index is 5.78. The van der Waals surface area contributed by atoms with Gasteiger partial charge in [0.2, 0.25) is 0 Å². The van der Waals surface area contributed by atoms with Gasteiger partial charge < -0.3 is 10.1 Å². The molecule has 1 N–H and O–H groups in total. The third-order valence-corrected chi connectivity index (χ3v) is 2.99. The van der Waals surface area contributed by atoms with Crippen molar-refractivity contribution < 1.29 is 4.74 Å². The van der Waals surface area contributed by atoms with Gasteiger partial charge in [-0.15, -0.1) is 0 Å². The fraction of sp³-hybridized carbons (Fsp3) is 0.385. The second-order valence-electron chi connectivity index (χ2n) is 4.30. The monoisotopic (exact) mass is 229 g/mol. The van der Waals surface area contributed by atoms with E-state index in [1.54, 1.807) is 0 Å². The van der Waals surface area contributed by atoms with Crippen molar-refractivity contribution in [2.24, 2.45) is 0 Å². The van der Waals surface area contributed by atoms with Gasteiger partial charge in [0.15, 0.2) is 0 Å². The molecule has 0 spiro atoms. The van der Waals surface area contributed by atoms with Crippen molar-refractivity contribution in [1.29, 1.82) is 0 Å². The van der Waals surface area contributed by atoms with Crippen LogP contribution in [0.2, 0.25) is 0 Å². The molecular formula is C13H15N3O. The molecule has 1 aromatic heterocycles. The van der Waals surface area contributed by atoms with Crippen molar-refractivity contribution in [2.45, 2.75) is 18.9 Å². The second-order valence-corrected chi connectivity index (χ2v) is 4.30. The minimum absolute atomic E-state index is 0.199. The minimum atomic E-state index is 0.199. The summed E-state index contributed by atoms with van der Waals surface area (Å²) in [5.74, 6) is 0. The predicted molar refractivity (Wildman–Crippen MR) is 66.1 cm³/mol. The maximum Gasteiger partial charge on any atom is 0.317 e. The van der Waals surface area contributed by atoms with E-state index in [2.05, 4.69) is 15.3 Å². The number of ether oxygens (including phenoxy) is 1. The standard InChI is InChI=1S/C13H15N3O/c1-2-6-12-10(4-1)8-15-13(16-12)17-11-5-3-7-14-9-11/h1-2,4,6,8,11,14H,3,5,7,9H2. The molecule has 1 fully saturated rings. The number of benzene rings is 1. The summed E-state index contributed by atoms with van der Waals surface area (Å²) in [6, 6.07) is 8.42. The zero-order valence-corrected chi connectivity index (χ0v) is 9.60. The number of rotatable bonds is 2. The summed E-state index contributed by atoms with van der Waals surface area (Å²) in [5, 5.41) is 4.35. The van der Waals surface area contributed by atoms with Gasteiger partial charge in [-0.1, -0.05) is 18.2 Å². The topological polar surface area (TPSA) is 47.0 Å². The van der Waals surface area contributed by atoms with Crippen molar-refractivity contribution in [3.8, 4) is 6.01 Å². The largest absolute Gasteiger partial charge is 0.459 e. The third kappa shape index (κ3) is 2.36. The molecule has 0 saturated carbocycles. The molecule has 1 atom stereocenters. The van der Waals surface area contributed by atoms with Gasteiger partial charge in [0, 0.05) is 18.1 Å². The fourth-order valence-electron chi connectivity index (χ4n) is 2.08. The molecule has 1 aromatic carbocycles. The Hall–Kier alpha value is -1.68. The number of para-hydroxylation sites is 1. The Balaban J connectivity index is 1.80. The van der Waals surface area contributed by atoms with Crippen LogP contribution in [0.3, 0.4) is 0 Å². The van der Waals surface area contributed by atoms with Crippen molar-refractivity contribution >= 4 is 10.9 Å². The van der Waals surface area contributed by atoms with E-state index in [0.717, 1.165) is 36.8 Å². The molecule has 2 heterocycles. The summed E-state index contributed by atoms with van der Waals surface area (Å²) in [6.45, 7) is 1.97.